The Balaban J connectivity index is 2.06. The number of carboxylic acid groups (broad SMARTS) is 1. The van der Waals surface area contributed by atoms with Crippen LogP contribution in [0.15, 0.2) is 0 Å². The van der Waals surface area contributed by atoms with Crippen molar-refractivity contribution in [2.45, 2.75) is 32.1 Å². The Morgan fingerprint density at radius 1 is 1.27 bits per heavy atom. The van der Waals surface area contributed by atoms with E-state index in [-0.39, 0.29) is 11.8 Å². The molecular weight excluding hydrogens is 194 g/mol. The van der Waals surface area contributed by atoms with Crippen molar-refractivity contribution in [3.8, 4) is 0 Å². The summed E-state index contributed by atoms with van der Waals surface area (Å²) in [6, 6.07) is 0. The number of amides is 1. The first-order valence-electron chi connectivity index (χ1n) is 5.70. The van der Waals surface area contributed by atoms with Crippen LogP contribution in [0, 0.1) is 17.8 Å². The summed E-state index contributed by atoms with van der Waals surface area (Å²) in [5.74, 6) is -1.60. The average Bonchev–Trinajstić information content (AvgIpc) is 2.61. The highest BCUT2D eigenvalue weighted by Crippen LogP contribution is 2.36. The van der Waals surface area contributed by atoms with Gasteiger partial charge in [0.15, 0.2) is 0 Å². The number of hydrogen-bond acceptors (Lipinski definition) is 2. The van der Waals surface area contributed by atoms with Crippen LogP contribution in [0.4, 0.5) is 0 Å². The van der Waals surface area contributed by atoms with Gasteiger partial charge in [-0.25, -0.2) is 0 Å². The van der Waals surface area contributed by atoms with Crippen molar-refractivity contribution < 1.29 is 14.7 Å². The molecule has 1 aliphatic heterocycles. The van der Waals surface area contributed by atoms with Crippen molar-refractivity contribution in [2.24, 2.45) is 17.8 Å². The van der Waals surface area contributed by atoms with Gasteiger partial charge in [0.1, 0.15) is 5.92 Å². The molecule has 1 heterocycles. The first-order valence-corrected chi connectivity index (χ1v) is 5.70. The normalized spacial score (nSPS) is 32.7. The Morgan fingerprint density at radius 2 is 1.93 bits per heavy atom. The summed E-state index contributed by atoms with van der Waals surface area (Å²) in [6.07, 6.45) is 5.79. The SMILES string of the molecule is O=C(O)[C@H]1C(=O)NC[C@@H]1C1CCCCC1. The molecule has 84 valence electrons. The summed E-state index contributed by atoms with van der Waals surface area (Å²) < 4.78 is 0. The summed E-state index contributed by atoms with van der Waals surface area (Å²) in [7, 11) is 0. The van der Waals surface area contributed by atoms with Crippen LogP contribution < -0.4 is 5.32 Å². The molecule has 2 fully saturated rings. The first kappa shape index (κ1) is 10.5. The molecule has 4 heteroatoms. The molecular formula is C11H17NO3. The van der Waals surface area contributed by atoms with Gasteiger partial charge in [-0.2, -0.15) is 0 Å². The molecule has 0 radical (unpaired) electrons. The number of carboxylic acids is 1. The third-order valence-electron chi connectivity index (χ3n) is 3.74. The van der Waals surface area contributed by atoms with Gasteiger partial charge in [-0.05, 0) is 5.92 Å². The highest BCUT2D eigenvalue weighted by atomic mass is 16.4. The lowest BCUT2D eigenvalue weighted by atomic mass is 9.75. The Hall–Kier alpha value is -1.06. The fourth-order valence-corrected chi connectivity index (χ4v) is 2.94. The van der Waals surface area contributed by atoms with Crippen LogP contribution in [0.3, 0.4) is 0 Å². The maximum atomic E-state index is 11.4. The van der Waals surface area contributed by atoms with E-state index >= 15 is 0 Å². The minimum absolute atomic E-state index is 0.0234. The quantitative estimate of drug-likeness (QED) is 0.670. The standard InChI is InChI=1S/C11H17NO3/c13-10-9(11(14)15)8(6-12-10)7-4-2-1-3-5-7/h7-9H,1-6H2,(H,12,13)(H,14,15)/t8-,9-/m1/s1. The molecule has 0 aromatic carbocycles. The van der Waals surface area contributed by atoms with E-state index < -0.39 is 11.9 Å². The van der Waals surface area contributed by atoms with Gasteiger partial charge in [0.05, 0.1) is 0 Å². The second-order valence-corrected chi connectivity index (χ2v) is 4.62. The molecule has 1 aliphatic carbocycles. The molecule has 1 amide bonds. The average molecular weight is 211 g/mol. The smallest absolute Gasteiger partial charge is 0.316 e. The molecule has 1 saturated carbocycles. The summed E-state index contributed by atoms with van der Waals surface area (Å²) >= 11 is 0. The van der Waals surface area contributed by atoms with E-state index in [2.05, 4.69) is 5.32 Å². The fourth-order valence-electron chi connectivity index (χ4n) is 2.94. The number of hydrogen-bond donors (Lipinski definition) is 2. The van der Waals surface area contributed by atoms with Crippen LogP contribution in [0.5, 0.6) is 0 Å². The zero-order chi connectivity index (χ0) is 10.8. The number of nitrogens with one attached hydrogen (secondary N) is 1. The maximum absolute atomic E-state index is 11.4. The Morgan fingerprint density at radius 3 is 2.53 bits per heavy atom. The van der Waals surface area contributed by atoms with Crippen LogP contribution in [-0.4, -0.2) is 23.5 Å². The van der Waals surface area contributed by atoms with Crippen LogP contribution in [-0.2, 0) is 9.59 Å². The van der Waals surface area contributed by atoms with Crippen molar-refractivity contribution >= 4 is 11.9 Å². The van der Waals surface area contributed by atoms with E-state index in [0.717, 1.165) is 12.8 Å². The van der Waals surface area contributed by atoms with Gasteiger partial charge in [-0.1, -0.05) is 32.1 Å². The predicted molar refractivity (Wildman–Crippen MR) is 54.2 cm³/mol. The molecule has 2 N–H and O–H groups in total. The summed E-state index contributed by atoms with van der Waals surface area (Å²) in [5.41, 5.74) is 0. The number of carbonyl (C=O) groups excluding carboxylic acids is 1. The maximum Gasteiger partial charge on any atom is 0.316 e. The van der Waals surface area contributed by atoms with Gasteiger partial charge < -0.3 is 10.4 Å². The molecule has 0 unspecified atom stereocenters. The van der Waals surface area contributed by atoms with Crippen molar-refractivity contribution in [2.75, 3.05) is 6.54 Å². The molecule has 0 aromatic rings. The van der Waals surface area contributed by atoms with Gasteiger partial charge in [-0.3, -0.25) is 9.59 Å². The molecule has 0 aromatic heterocycles. The largest absolute Gasteiger partial charge is 0.481 e. The van der Waals surface area contributed by atoms with Gasteiger partial charge in [0.2, 0.25) is 5.91 Å². The lowest BCUT2D eigenvalue weighted by molar-refractivity contribution is -0.147. The first-order chi connectivity index (χ1) is 7.20. The number of rotatable bonds is 2. The molecule has 2 rings (SSSR count). The van der Waals surface area contributed by atoms with Crippen LogP contribution in [0.1, 0.15) is 32.1 Å². The molecule has 2 atom stereocenters. The minimum Gasteiger partial charge on any atom is -0.481 e. The number of carbonyl (C=O) groups is 2. The molecule has 1 saturated heterocycles. The molecule has 4 nitrogen and oxygen atoms in total. The van der Waals surface area contributed by atoms with Gasteiger partial charge >= 0.3 is 5.97 Å². The van der Waals surface area contributed by atoms with E-state index in [9.17, 15) is 9.59 Å². The topological polar surface area (TPSA) is 66.4 Å². The predicted octanol–water partition coefficient (Wildman–Crippen LogP) is 1.01. The van der Waals surface area contributed by atoms with Crippen LogP contribution in [0.2, 0.25) is 0 Å². The van der Waals surface area contributed by atoms with Gasteiger partial charge in [0, 0.05) is 12.5 Å². The second-order valence-electron chi connectivity index (χ2n) is 4.62. The van der Waals surface area contributed by atoms with Crippen molar-refractivity contribution in [3.05, 3.63) is 0 Å². The minimum atomic E-state index is -0.958. The van der Waals surface area contributed by atoms with E-state index in [1.165, 1.54) is 19.3 Å². The summed E-state index contributed by atoms with van der Waals surface area (Å²) in [4.78, 5) is 22.4. The number of aliphatic carboxylic acids is 1. The summed E-state index contributed by atoms with van der Waals surface area (Å²) in [6.45, 7) is 0.556. The van der Waals surface area contributed by atoms with E-state index in [4.69, 9.17) is 5.11 Å². The summed E-state index contributed by atoms with van der Waals surface area (Å²) in [5, 5.41) is 11.7. The zero-order valence-electron chi connectivity index (χ0n) is 8.74. The van der Waals surface area contributed by atoms with Gasteiger partial charge in [-0.15, -0.1) is 0 Å². The molecule has 0 spiro atoms. The highest BCUT2D eigenvalue weighted by Gasteiger charge is 2.44. The Bertz CT molecular complexity index is 271. The fraction of sp³-hybridized carbons (Fsp3) is 0.818. The van der Waals surface area contributed by atoms with Crippen LogP contribution in [0.25, 0.3) is 0 Å². The molecule has 2 aliphatic rings. The van der Waals surface area contributed by atoms with E-state index in [1.54, 1.807) is 0 Å². The molecule has 15 heavy (non-hydrogen) atoms. The zero-order valence-corrected chi connectivity index (χ0v) is 8.74. The van der Waals surface area contributed by atoms with Crippen molar-refractivity contribution in [1.82, 2.24) is 5.32 Å². The third-order valence-corrected chi connectivity index (χ3v) is 3.74. The Labute approximate surface area is 89.0 Å². The lowest BCUT2D eigenvalue weighted by Gasteiger charge is -2.28. The Kier molecular flexibility index (Phi) is 2.93. The lowest BCUT2D eigenvalue weighted by Crippen LogP contribution is -2.31. The van der Waals surface area contributed by atoms with E-state index in [1.807, 2.05) is 0 Å². The van der Waals surface area contributed by atoms with E-state index in [0.29, 0.717) is 12.5 Å². The van der Waals surface area contributed by atoms with Crippen molar-refractivity contribution in [3.63, 3.8) is 0 Å². The second kappa shape index (κ2) is 4.21. The molecule has 0 bridgehead atoms. The van der Waals surface area contributed by atoms with Gasteiger partial charge in [0.25, 0.3) is 0 Å². The van der Waals surface area contributed by atoms with Crippen molar-refractivity contribution in [1.29, 1.82) is 0 Å². The third kappa shape index (κ3) is 1.98. The highest BCUT2D eigenvalue weighted by molar-refractivity contribution is 5.98. The monoisotopic (exact) mass is 211 g/mol. The van der Waals surface area contributed by atoms with Crippen LogP contribution >= 0.6 is 0 Å².